The number of benzene rings is 2. The van der Waals surface area contributed by atoms with Crippen molar-refractivity contribution < 1.29 is 17.6 Å². The van der Waals surface area contributed by atoms with Crippen LogP contribution in [0.1, 0.15) is 28.8 Å². The Bertz CT molecular complexity index is 951. The van der Waals surface area contributed by atoms with Gasteiger partial charge in [-0.25, -0.2) is 12.8 Å². The number of nitrogens with two attached hydrogens (primary N) is 1. The average molecular weight is 428 g/mol. The van der Waals surface area contributed by atoms with E-state index in [0.29, 0.717) is 24.2 Å². The van der Waals surface area contributed by atoms with Crippen molar-refractivity contribution in [2.24, 2.45) is 5.73 Å². The highest BCUT2D eigenvalue weighted by Crippen LogP contribution is 2.24. The molecule has 1 fully saturated rings. The van der Waals surface area contributed by atoms with Gasteiger partial charge >= 0.3 is 0 Å². The summed E-state index contributed by atoms with van der Waals surface area (Å²) in [4.78, 5) is 14.5. The summed E-state index contributed by atoms with van der Waals surface area (Å²) >= 11 is 0. The molecule has 1 aliphatic heterocycles. The second kappa shape index (κ2) is 8.89. The molecule has 1 saturated heterocycles. The average Bonchev–Trinajstić information content (AvgIpc) is 3.12. The van der Waals surface area contributed by atoms with Crippen LogP contribution >= 0.6 is 12.4 Å². The number of hydrogen-bond donors (Lipinski definition) is 2. The Balaban J connectivity index is 0.00000280. The lowest BCUT2D eigenvalue weighted by atomic mass is 10.1. The van der Waals surface area contributed by atoms with Gasteiger partial charge in [0.25, 0.3) is 15.9 Å². The smallest absolute Gasteiger partial charge is 0.262 e. The molecular weight excluding hydrogens is 405 g/mol. The molecule has 0 saturated carbocycles. The van der Waals surface area contributed by atoms with E-state index in [-0.39, 0.29) is 34.9 Å². The number of aryl methyl sites for hydroxylation is 1. The number of hydrogen-bond acceptors (Lipinski definition) is 4. The van der Waals surface area contributed by atoms with E-state index < -0.39 is 15.8 Å². The monoisotopic (exact) mass is 427 g/mol. The molecule has 152 valence electrons. The van der Waals surface area contributed by atoms with E-state index in [9.17, 15) is 17.6 Å². The van der Waals surface area contributed by atoms with Crippen molar-refractivity contribution in [1.29, 1.82) is 0 Å². The lowest BCUT2D eigenvalue weighted by Gasteiger charge is -2.24. The lowest BCUT2D eigenvalue weighted by molar-refractivity contribution is 0.0741. The maximum Gasteiger partial charge on any atom is 0.262 e. The molecule has 0 spiro atoms. The lowest BCUT2D eigenvalue weighted by Crippen LogP contribution is -2.40. The summed E-state index contributed by atoms with van der Waals surface area (Å²) in [5, 5.41) is 0. The number of likely N-dealkylation sites (tertiary alicyclic amines) is 1. The molecular formula is C19H23ClFN3O3S. The van der Waals surface area contributed by atoms with Gasteiger partial charge in [0.05, 0.1) is 4.90 Å². The first-order chi connectivity index (χ1) is 12.8. The molecule has 6 nitrogen and oxygen atoms in total. The minimum Gasteiger partial charge on any atom is -0.334 e. The Kier molecular flexibility index (Phi) is 7.03. The zero-order valence-corrected chi connectivity index (χ0v) is 17.0. The highest BCUT2D eigenvalue weighted by Gasteiger charge is 2.29. The topological polar surface area (TPSA) is 92.5 Å². The first-order valence-electron chi connectivity index (χ1n) is 8.72. The fourth-order valence-corrected chi connectivity index (χ4v) is 4.60. The first-order valence-corrected chi connectivity index (χ1v) is 10.2. The summed E-state index contributed by atoms with van der Waals surface area (Å²) < 4.78 is 41.0. The van der Waals surface area contributed by atoms with Gasteiger partial charge < -0.3 is 10.6 Å². The van der Waals surface area contributed by atoms with Gasteiger partial charge in [-0.15, -0.1) is 12.4 Å². The predicted molar refractivity (Wildman–Crippen MR) is 109 cm³/mol. The third-order valence-corrected chi connectivity index (χ3v) is 6.25. The molecule has 2 aromatic rings. The maximum absolute atomic E-state index is 13.0. The van der Waals surface area contributed by atoms with Gasteiger partial charge in [-0.2, -0.15) is 0 Å². The van der Waals surface area contributed by atoms with Gasteiger partial charge in [0, 0.05) is 30.4 Å². The van der Waals surface area contributed by atoms with Crippen LogP contribution in [0.4, 0.5) is 10.1 Å². The minimum absolute atomic E-state index is 0. The van der Waals surface area contributed by atoms with Crippen molar-refractivity contribution in [2.75, 3.05) is 17.8 Å². The summed E-state index contributed by atoms with van der Waals surface area (Å²) in [6, 6.07) is 9.63. The van der Waals surface area contributed by atoms with Crippen LogP contribution in [0.2, 0.25) is 0 Å². The fourth-order valence-electron chi connectivity index (χ4n) is 3.26. The number of anilines is 1. The van der Waals surface area contributed by atoms with E-state index in [2.05, 4.69) is 4.72 Å². The Labute approximate surface area is 170 Å². The van der Waals surface area contributed by atoms with E-state index in [4.69, 9.17) is 5.73 Å². The molecule has 0 radical (unpaired) electrons. The van der Waals surface area contributed by atoms with Crippen LogP contribution < -0.4 is 10.5 Å². The normalized spacial score (nSPS) is 16.5. The minimum atomic E-state index is -3.92. The van der Waals surface area contributed by atoms with Crippen LogP contribution in [0, 0.1) is 12.7 Å². The molecule has 1 aliphatic rings. The molecule has 3 N–H and O–H groups in total. The Morgan fingerprint density at radius 3 is 2.57 bits per heavy atom. The van der Waals surface area contributed by atoms with Gasteiger partial charge in [0.15, 0.2) is 0 Å². The number of rotatable bonds is 5. The van der Waals surface area contributed by atoms with Crippen LogP contribution in [0.5, 0.6) is 0 Å². The van der Waals surface area contributed by atoms with E-state index in [1.807, 2.05) is 0 Å². The molecule has 3 rings (SSSR count). The van der Waals surface area contributed by atoms with Crippen LogP contribution in [0.25, 0.3) is 0 Å². The molecule has 0 bridgehead atoms. The summed E-state index contributed by atoms with van der Waals surface area (Å²) in [7, 11) is -3.92. The van der Waals surface area contributed by atoms with Gasteiger partial charge in [-0.05, 0) is 61.7 Å². The molecule has 1 heterocycles. The summed E-state index contributed by atoms with van der Waals surface area (Å²) in [6.45, 7) is 2.66. The molecule has 1 amide bonds. The van der Waals surface area contributed by atoms with E-state index >= 15 is 0 Å². The molecule has 0 aromatic heterocycles. The quantitative estimate of drug-likeness (QED) is 0.767. The Hall–Kier alpha value is -2.16. The van der Waals surface area contributed by atoms with Crippen LogP contribution in [0.3, 0.4) is 0 Å². The van der Waals surface area contributed by atoms with E-state index in [1.54, 1.807) is 24.0 Å². The summed E-state index contributed by atoms with van der Waals surface area (Å²) in [6.07, 6.45) is 1.74. The number of sulfonamides is 1. The van der Waals surface area contributed by atoms with Gasteiger partial charge in [0.2, 0.25) is 0 Å². The van der Waals surface area contributed by atoms with E-state index in [0.717, 1.165) is 12.8 Å². The zero-order chi connectivity index (χ0) is 19.6. The highest BCUT2D eigenvalue weighted by atomic mass is 35.5. The number of nitrogens with one attached hydrogen (secondary N) is 1. The molecule has 0 aliphatic carbocycles. The van der Waals surface area contributed by atoms with Crippen molar-refractivity contribution >= 4 is 34.0 Å². The largest absolute Gasteiger partial charge is 0.334 e. The second-order valence-electron chi connectivity index (χ2n) is 6.62. The highest BCUT2D eigenvalue weighted by molar-refractivity contribution is 7.92. The number of carbonyl (C=O) groups excluding carboxylic acids is 1. The number of halogens is 2. The first kappa shape index (κ1) is 22.1. The van der Waals surface area contributed by atoms with E-state index in [1.165, 1.54) is 30.3 Å². The van der Waals surface area contributed by atoms with Crippen molar-refractivity contribution in [1.82, 2.24) is 4.90 Å². The maximum atomic E-state index is 13.0. The van der Waals surface area contributed by atoms with Crippen LogP contribution in [-0.2, 0) is 10.0 Å². The second-order valence-corrected chi connectivity index (χ2v) is 8.27. The van der Waals surface area contributed by atoms with Crippen LogP contribution in [-0.4, -0.2) is 38.4 Å². The van der Waals surface area contributed by atoms with Gasteiger partial charge in [0.1, 0.15) is 5.82 Å². The van der Waals surface area contributed by atoms with Crippen molar-refractivity contribution in [3.63, 3.8) is 0 Å². The molecule has 2 aromatic carbocycles. The third kappa shape index (κ3) is 4.63. The zero-order valence-electron chi connectivity index (χ0n) is 15.4. The Morgan fingerprint density at radius 1 is 1.25 bits per heavy atom. The summed E-state index contributed by atoms with van der Waals surface area (Å²) in [5.74, 6) is -0.678. The number of carbonyl (C=O) groups is 1. The van der Waals surface area contributed by atoms with Crippen molar-refractivity contribution in [2.45, 2.75) is 30.7 Å². The number of nitrogens with zero attached hydrogens (tertiary/aromatic N) is 1. The molecule has 28 heavy (non-hydrogen) atoms. The number of amides is 1. The van der Waals surface area contributed by atoms with Crippen molar-refractivity contribution in [3.05, 3.63) is 59.4 Å². The fraction of sp³-hybridized carbons (Fsp3) is 0.316. The third-order valence-electron chi connectivity index (χ3n) is 4.73. The SMILES string of the molecule is Cc1ccc(C(=O)N2CCCC2CN)cc1S(=O)(=O)Nc1ccc(F)cc1.Cl. The Morgan fingerprint density at radius 2 is 1.93 bits per heavy atom. The standard InChI is InChI=1S/C19H22FN3O3S.ClH/c1-13-4-5-14(19(24)23-10-2-3-17(23)12-21)11-18(13)27(25,26)22-16-8-6-15(20)7-9-16;/h4-9,11,17,22H,2-3,10,12,21H2,1H3;1H. The molecule has 1 unspecified atom stereocenters. The molecule has 1 atom stereocenters. The predicted octanol–water partition coefficient (Wildman–Crippen LogP) is 2.92. The summed E-state index contributed by atoms with van der Waals surface area (Å²) in [5.41, 5.74) is 6.80. The molecule has 9 heteroatoms. The van der Waals surface area contributed by atoms with Gasteiger partial charge in [-0.1, -0.05) is 6.07 Å². The van der Waals surface area contributed by atoms with Crippen LogP contribution in [0.15, 0.2) is 47.4 Å². The van der Waals surface area contributed by atoms with Gasteiger partial charge in [-0.3, -0.25) is 9.52 Å². The van der Waals surface area contributed by atoms with Crippen molar-refractivity contribution in [3.8, 4) is 0 Å².